The van der Waals surface area contributed by atoms with Crippen LogP contribution < -0.4 is 0 Å². The van der Waals surface area contributed by atoms with Gasteiger partial charge < -0.3 is 9.47 Å². The number of rotatable bonds is 4. The zero-order valence-corrected chi connectivity index (χ0v) is 10.1. The van der Waals surface area contributed by atoms with Crippen LogP contribution in [0.2, 0.25) is 0 Å². The maximum Gasteiger partial charge on any atom is 0.524 e. The Balaban J connectivity index is 3.90. The quantitative estimate of drug-likeness (QED) is 0.416. The number of carbonyl (C=O) groups excluding carboxylic acids is 3. The molecule has 0 fully saturated rings. The molecule has 0 radical (unpaired) electrons. The lowest BCUT2D eigenvalue weighted by molar-refractivity contribution is -0.146. The van der Waals surface area contributed by atoms with Crippen LogP contribution >= 0.6 is 23.6 Å². The Labute approximate surface area is 102 Å². The summed E-state index contributed by atoms with van der Waals surface area (Å²) in [5.74, 6) is -1.87. The van der Waals surface area contributed by atoms with E-state index in [4.69, 9.17) is 23.6 Å². The molecule has 0 aromatic rings. The van der Waals surface area contributed by atoms with E-state index in [1.165, 1.54) is 14.1 Å². The molecule has 0 aromatic carbocycles. The van der Waals surface area contributed by atoms with Crippen molar-refractivity contribution in [1.82, 2.24) is 8.84 Å². The van der Waals surface area contributed by atoms with Crippen LogP contribution in [-0.4, -0.2) is 54.1 Å². The minimum absolute atomic E-state index is 0.319. The highest BCUT2D eigenvalue weighted by atomic mass is 35.5. The molecule has 0 aliphatic heterocycles. The Bertz CT molecular complexity index is 256. The molecule has 0 N–H and O–H groups in total. The van der Waals surface area contributed by atoms with E-state index in [9.17, 15) is 14.4 Å². The molecule has 7 nitrogen and oxygen atoms in total. The van der Waals surface area contributed by atoms with E-state index in [1.807, 2.05) is 0 Å². The lowest BCUT2D eigenvalue weighted by Crippen LogP contribution is -2.27. The Morgan fingerprint density at radius 1 is 0.938 bits per heavy atom. The van der Waals surface area contributed by atoms with Crippen LogP contribution in [0, 0.1) is 0 Å². The van der Waals surface area contributed by atoms with Gasteiger partial charge in [-0.2, -0.15) is 0 Å². The molecule has 0 bridgehead atoms. The smallest absolute Gasteiger partial charge is 0.359 e. The molecule has 0 spiro atoms. The lowest BCUT2D eigenvalue weighted by atomic mass is 10.6. The van der Waals surface area contributed by atoms with E-state index in [0.717, 1.165) is 8.84 Å². The molecule has 0 atom stereocenters. The van der Waals surface area contributed by atoms with Crippen LogP contribution in [0.1, 0.15) is 0 Å². The van der Waals surface area contributed by atoms with Gasteiger partial charge in [0.25, 0.3) is 0 Å². The fraction of sp³-hybridized carbons (Fsp3) is 0.571. The average Bonchev–Trinajstić information content (AvgIpc) is 1.97. The predicted molar refractivity (Wildman–Crippen MR) is 54.5 cm³/mol. The highest BCUT2D eigenvalue weighted by molar-refractivity contribution is 6.14. The lowest BCUT2D eigenvalue weighted by Gasteiger charge is -2.07. The third kappa shape index (κ3) is 8.42. The van der Waals surface area contributed by atoms with Gasteiger partial charge in [-0.15, -0.1) is 0 Å². The van der Waals surface area contributed by atoms with Crippen LogP contribution in [-0.2, 0) is 19.1 Å². The molecule has 0 amide bonds. The largest absolute Gasteiger partial charge is 0.524 e. The summed E-state index contributed by atoms with van der Waals surface area (Å²) in [6.07, 6.45) is -1.41. The van der Waals surface area contributed by atoms with E-state index in [0.29, 0.717) is 0 Å². The Morgan fingerprint density at radius 2 is 1.25 bits per heavy atom. The summed E-state index contributed by atoms with van der Waals surface area (Å²) in [5, 5.41) is 0. The number of ether oxygens (including phenoxy) is 2. The molecule has 0 aromatic heterocycles. The summed E-state index contributed by atoms with van der Waals surface area (Å²) in [7, 11) is 2.78. The maximum atomic E-state index is 10.9. The topological polar surface area (TPSA) is 76.1 Å². The third-order valence-electron chi connectivity index (χ3n) is 1.09. The molecular weight excluding hydrogens is 263 g/mol. The van der Waals surface area contributed by atoms with Crippen molar-refractivity contribution >= 4 is 41.6 Å². The first-order chi connectivity index (χ1) is 7.31. The number of hydrogen-bond acceptors (Lipinski definition) is 7. The SMILES string of the molecule is CN(Cl)CC(=O)OC(=O)OC(=O)CN(C)Cl. The standard InChI is InChI=1S/C7H10Cl2N2O5/c1-10(8)3-5(12)15-7(14)16-6(13)4-11(2)9/h3-4H2,1-2H3. The van der Waals surface area contributed by atoms with Gasteiger partial charge in [0, 0.05) is 14.1 Å². The van der Waals surface area contributed by atoms with Gasteiger partial charge >= 0.3 is 18.1 Å². The first-order valence-corrected chi connectivity index (χ1v) is 4.68. The van der Waals surface area contributed by atoms with Crippen molar-refractivity contribution in [2.24, 2.45) is 0 Å². The van der Waals surface area contributed by atoms with E-state index in [1.54, 1.807) is 0 Å². The van der Waals surface area contributed by atoms with Crippen molar-refractivity contribution in [3.05, 3.63) is 0 Å². The molecule has 0 aliphatic rings. The van der Waals surface area contributed by atoms with E-state index >= 15 is 0 Å². The van der Waals surface area contributed by atoms with Crippen molar-refractivity contribution in [2.45, 2.75) is 0 Å². The molecular formula is C7H10Cl2N2O5. The summed E-state index contributed by atoms with van der Waals surface area (Å²) in [6, 6.07) is 0. The Hall–Kier alpha value is -0.890. The monoisotopic (exact) mass is 272 g/mol. The molecule has 9 heteroatoms. The van der Waals surface area contributed by atoms with Crippen LogP contribution in [0.15, 0.2) is 0 Å². The number of esters is 2. The molecule has 16 heavy (non-hydrogen) atoms. The van der Waals surface area contributed by atoms with Gasteiger partial charge in [-0.25, -0.2) is 13.6 Å². The van der Waals surface area contributed by atoms with Crippen molar-refractivity contribution < 1.29 is 23.9 Å². The predicted octanol–water partition coefficient (Wildman–Crippen LogP) is 0.364. The Kier molecular flexibility index (Phi) is 6.98. The first kappa shape index (κ1) is 15.1. The zero-order valence-electron chi connectivity index (χ0n) is 8.61. The van der Waals surface area contributed by atoms with Gasteiger partial charge in [0.1, 0.15) is 13.1 Å². The normalized spacial score (nSPS) is 10.4. The molecule has 0 unspecified atom stereocenters. The minimum Gasteiger partial charge on any atom is -0.359 e. The maximum absolute atomic E-state index is 10.9. The van der Waals surface area contributed by atoms with E-state index in [2.05, 4.69) is 9.47 Å². The van der Waals surface area contributed by atoms with Gasteiger partial charge in [-0.3, -0.25) is 9.59 Å². The van der Waals surface area contributed by atoms with Crippen molar-refractivity contribution in [2.75, 3.05) is 27.2 Å². The second-order valence-electron chi connectivity index (χ2n) is 2.72. The average molecular weight is 273 g/mol. The van der Waals surface area contributed by atoms with Gasteiger partial charge in [-0.1, -0.05) is 0 Å². The summed E-state index contributed by atoms with van der Waals surface area (Å²) < 4.78 is 10.2. The Morgan fingerprint density at radius 3 is 1.50 bits per heavy atom. The zero-order chi connectivity index (χ0) is 12.7. The van der Waals surface area contributed by atoms with E-state index < -0.39 is 18.1 Å². The van der Waals surface area contributed by atoms with Gasteiger partial charge in [0.05, 0.1) is 0 Å². The van der Waals surface area contributed by atoms with Gasteiger partial charge in [0.2, 0.25) is 0 Å². The second-order valence-corrected chi connectivity index (χ2v) is 3.88. The van der Waals surface area contributed by atoms with Crippen molar-refractivity contribution in [3.63, 3.8) is 0 Å². The summed E-state index contributed by atoms with van der Waals surface area (Å²) >= 11 is 10.6. The van der Waals surface area contributed by atoms with Crippen LogP contribution in [0.3, 0.4) is 0 Å². The highest BCUT2D eigenvalue weighted by Crippen LogP contribution is 1.94. The van der Waals surface area contributed by atoms with Crippen molar-refractivity contribution in [1.29, 1.82) is 0 Å². The van der Waals surface area contributed by atoms with Gasteiger partial charge in [0.15, 0.2) is 0 Å². The first-order valence-electron chi connectivity index (χ1n) is 4.00. The second kappa shape index (κ2) is 7.39. The number of hydrogen-bond donors (Lipinski definition) is 0. The minimum atomic E-state index is -1.41. The van der Waals surface area contributed by atoms with Gasteiger partial charge in [-0.05, 0) is 23.6 Å². The van der Waals surface area contributed by atoms with Crippen LogP contribution in [0.25, 0.3) is 0 Å². The molecule has 0 aliphatic carbocycles. The molecule has 0 saturated carbocycles. The van der Waals surface area contributed by atoms with Crippen LogP contribution in [0.5, 0.6) is 0 Å². The fourth-order valence-electron chi connectivity index (χ4n) is 0.627. The number of halogens is 2. The summed E-state index contributed by atoms with van der Waals surface area (Å²) in [6.45, 7) is -0.638. The number of nitrogens with zero attached hydrogens (tertiary/aromatic N) is 2. The van der Waals surface area contributed by atoms with Crippen molar-refractivity contribution in [3.8, 4) is 0 Å². The summed E-state index contributed by atoms with van der Waals surface area (Å²) in [5.41, 5.74) is 0. The van der Waals surface area contributed by atoms with E-state index in [-0.39, 0.29) is 13.1 Å². The fourth-order valence-corrected chi connectivity index (χ4v) is 0.822. The molecule has 0 heterocycles. The highest BCUT2D eigenvalue weighted by Gasteiger charge is 2.17. The molecule has 0 rings (SSSR count). The van der Waals surface area contributed by atoms with Crippen LogP contribution in [0.4, 0.5) is 4.79 Å². The third-order valence-corrected chi connectivity index (χ3v) is 1.33. The number of likely N-dealkylation sites (N-methyl/N-ethyl adjacent to an activating group) is 2. The number of carbonyl (C=O) groups is 3. The molecule has 92 valence electrons. The summed E-state index contributed by atoms with van der Waals surface area (Å²) in [4.78, 5) is 32.6. The molecule has 0 saturated heterocycles.